The summed E-state index contributed by atoms with van der Waals surface area (Å²) in [5, 5.41) is 13.0. The van der Waals surface area contributed by atoms with Gasteiger partial charge in [-0.3, -0.25) is 0 Å². The van der Waals surface area contributed by atoms with Crippen molar-refractivity contribution >= 4 is 10.0 Å². The molecule has 2 aromatic rings. The number of hydrogen-bond donors (Lipinski definition) is 2. The van der Waals surface area contributed by atoms with Crippen molar-refractivity contribution in [3.63, 3.8) is 0 Å². The minimum absolute atomic E-state index is 0.284. The highest BCUT2D eigenvalue weighted by molar-refractivity contribution is 7.88. The first-order valence-corrected chi connectivity index (χ1v) is 7.73. The van der Waals surface area contributed by atoms with Gasteiger partial charge in [0.2, 0.25) is 10.0 Å². The smallest absolute Gasteiger partial charge is 0.218 e. The average molecular weight is 296 g/mol. The van der Waals surface area contributed by atoms with Gasteiger partial charge in [-0.25, -0.2) is 13.1 Å². The van der Waals surface area contributed by atoms with Crippen LogP contribution in [0.4, 0.5) is 0 Å². The van der Waals surface area contributed by atoms with E-state index in [4.69, 9.17) is 4.52 Å². The Hall–Kier alpha value is -1.70. The zero-order chi connectivity index (χ0) is 14.6. The first-order chi connectivity index (χ1) is 9.50. The zero-order valence-corrected chi connectivity index (χ0v) is 11.8. The fraction of sp³-hybridized carbons (Fsp3) is 0.308. The van der Waals surface area contributed by atoms with Gasteiger partial charge in [0.1, 0.15) is 17.2 Å². The van der Waals surface area contributed by atoms with Crippen LogP contribution < -0.4 is 4.72 Å². The normalized spacial score (nSPS) is 13.3. The van der Waals surface area contributed by atoms with Gasteiger partial charge in [-0.2, -0.15) is 0 Å². The molecule has 1 aromatic heterocycles. The molecular formula is C13H16N2O4S. The Balaban J connectivity index is 2.10. The molecule has 108 valence electrons. The number of aromatic nitrogens is 1. The third kappa shape index (κ3) is 3.89. The molecule has 0 saturated heterocycles. The summed E-state index contributed by atoms with van der Waals surface area (Å²) in [7, 11) is -3.61. The average Bonchev–Trinajstić information content (AvgIpc) is 2.81. The minimum atomic E-state index is -3.61. The molecule has 2 rings (SSSR count). The molecule has 1 heterocycles. The molecule has 0 aliphatic carbocycles. The molecule has 0 spiro atoms. The Labute approximate surface area is 117 Å². The molecular weight excluding hydrogens is 280 g/mol. The number of rotatable bonds is 6. The van der Waals surface area contributed by atoms with Crippen LogP contribution in [0.5, 0.6) is 0 Å². The molecule has 0 amide bonds. The quantitative estimate of drug-likeness (QED) is 0.834. The van der Waals surface area contributed by atoms with Gasteiger partial charge in [-0.1, -0.05) is 35.5 Å². The van der Waals surface area contributed by atoms with Gasteiger partial charge in [0.05, 0.1) is 12.6 Å². The van der Waals surface area contributed by atoms with Crippen LogP contribution in [-0.2, 0) is 15.8 Å². The monoisotopic (exact) mass is 296 g/mol. The fourth-order valence-electron chi connectivity index (χ4n) is 1.84. The predicted molar refractivity (Wildman–Crippen MR) is 73.3 cm³/mol. The van der Waals surface area contributed by atoms with Crippen molar-refractivity contribution in [2.75, 3.05) is 6.61 Å². The summed E-state index contributed by atoms with van der Waals surface area (Å²) < 4.78 is 31.4. The van der Waals surface area contributed by atoms with Gasteiger partial charge in [-0.15, -0.1) is 0 Å². The lowest BCUT2D eigenvalue weighted by molar-refractivity contribution is 0.259. The maximum absolute atomic E-state index is 12.0. The summed E-state index contributed by atoms with van der Waals surface area (Å²) in [5.41, 5.74) is 1.04. The van der Waals surface area contributed by atoms with Crippen molar-refractivity contribution in [3.05, 3.63) is 53.4 Å². The van der Waals surface area contributed by atoms with Gasteiger partial charge in [0.15, 0.2) is 0 Å². The SMILES string of the molecule is Cc1cc(CS(=O)(=O)N[C@@H](CO)c2ccccc2)no1. The van der Waals surface area contributed by atoms with Crippen LogP contribution in [0.25, 0.3) is 0 Å². The Morgan fingerprint density at radius 2 is 2.05 bits per heavy atom. The molecule has 0 saturated carbocycles. The third-order valence-corrected chi connectivity index (χ3v) is 4.04. The number of aliphatic hydroxyl groups is 1. The van der Waals surface area contributed by atoms with E-state index < -0.39 is 16.1 Å². The van der Waals surface area contributed by atoms with Gasteiger partial charge in [0, 0.05) is 6.07 Å². The maximum atomic E-state index is 12.0. The lowest BCUT2D eigenvalue weighted by Gasteiger charge is -2.16. The molecule has 0 bridgehead atoms. The number of nitrogens with one attached hydrogen (secondary N) is 1. The molecule has 1 atom stereocenters. The van der Waals surface area contributed by atoms with E-state index in [-0.39, 0.29) is 12.4 Å². The van der Waals surface area contributed by atoms with Crippen LogP contribution in [0.15, 0.2) is 40.9 Å². The Morgan fingerprint density at radius 3 is 2.60 bits per heavy atom. The maximum Gasteiger partial charge on any atom is 0.218 e. The third-order valence-electron chi connectivity index (χ3n) is 2.72. The summed E-state index contributed by atoms with van der Waals surface area (Å²) >= 11 is 0. The van der Waals surface area contributed by atoms with E-state index in [1.165, 1.54) is 0 Å². The van der Waals surface area contributed by atoms with Crippen LogP contribution in [0.3, 0.4) is 0 Å². The second-order valence-corrected chi connectivity index (χ2v) is 6.21. The summed E-state index contributed by atoms with van der Waals surface area (Å²) in [6.45, 7) is 1.37. The highest BCUT2D eigenvalue weighted by Gasteiger charge is 2.20. The summed E-state index contributed by atoms with van der Waals surface area (Å²) in [5.74, 6) is 0.269. The lowest BCUT2D eigenvalue weighted by Crippen LogP contribution is -2.31. The van der Waals surface area contributed by atoms with E-state index in [1.807, 2.05) is 6.07 Å². The van der Waals surface area contributed by atoms with Crippen molar-refractivity contribution in [1.82, 2.24) is 9.88 Å². The second-order valence-electron chi connectivity index (χ2n) is 4.45. The topological polar surface area (TPSA) is 92.4 Å². The first kappa shape index (κ1) is 14.7. The van der Waals surface area contributed by atoms with Gasteiger partial charge < -0.3 is 9.63 Å². The Kier molecular flexibility index (Phi) is 4.53. The second kappa shape index (κ2) is 6.17. The summed E-state index contributed by atoms with van der Waals surface area (Å²) in [6.07, 6.45) is 0. The molecule has 0 aliphatic heterocycles. The summed E-state index contributed by atoms with van der Waals surface area (Å²) in [4.78, 5) is 0. The number of sulfonamides is 1. The fourth-order valence-corrected chi connectivity index (χ4v) is 3.09. The van der Waals surface area contributed by atoms with E-state index in [0.717, 1.165) is 0 Å². The van der Waals surface area contributed by atoms with Crippen molar-refractivity contribution in [3.8, 4) is 0 Å². The van der Waals surface area contributed by atoms with E-state index in [1.54, 1.807) is 37.3 Å². The Morgan fingerprint density at radius 1 is 1.35 bits per heavy atom. The largest absolute Gasteiger partial charge is 0.394 e. The molecule has 2 N–H and O–H groups in total. The van der Waals surface area contributed by atoms with Crippen molar-refractivity contribution in [2.24, 2.45) is 0 Å². The van der Waals surface area contributed by atoms with Crippen LogP contribution in [0, 0.1) is 6.92 Å². The first-order valence-electron chi connectivity index (χ1n) is 6.08. The predicted octanol–water partition coefficient (Wildman–Crippen LogP) is 1.14. The van der Waals surface area contributed by atoms with Crippen LogP contribution in [0.1, 0.15) is 23.1 Å². The van der Waals surface area contributed by atoms with E-state index in [0.29, 0.717) is 17.0 Å². The number of nitrogens with zero attached hydrogens (tertiary/aromatic N) is 1. The van der Waals surface area contributed by atoms with Crippen molar-refractivity contribution < 1.29 is 18.0 Å². The zero-order valence-electron chi connectivity index (χ0n) is 11.0. The number of aliphatic hydroxyl groups excluding tert-OH is 1. The lowest BCUT2D eigenvalue weighted by atomic mass is 10.1. The standard InChI is InChI=1S/C13H16N2O4S/c1-10-7-12(14-19-10)9-20(17,18)15-13(8-16)11-5-3-2-4-6-11/h2-7,13,15-16H,8-9H2,1H3/t13-/m0/s1. The number of hydrogen-bond acceptors (Lipinski definition) is 5. The van der Waals surface area contributed by atoms with Gasteiger partial charge in [-0.05, 0) is 12.5 Å². The van der Waals surface area contributed by atoms with Crippen LogP contribution in [0.2, 0.25) is 0 Å². The van der Waals surface area contributed by atoms with Crippen molar-refractivity contribution in [1.29, 1.82) is 0 Å². The molecule has 0 radical (unpaired) electrons. The van der Waals surface area contributed by atoms with Gasteiger partial charge in [0.25, 0.3) is 0 Å². The highest BCUT2D eigenvalue weighted by Crippen LogP contribution is 2.14. The highest BCUT2D eigenvalue weighted by atomic mass is 32.2. The molecule has 6 nitrogen and oxygen atoms in total. The molecule has 0 unspecified atom stereocenters. The summed E-state index contributed by atoms with van der Waals surface area (Å²) in [6, 6.07) is 9.79. The minimum Gasteiger partial charge on any atom is -0.394 e. The van der Waals surface area contributed by atoms with Crippen molar-refractivity contribution in [2.45, 2.75) is 18.7 Å². The van der Waals surface area contributed by atoms with E-state index in [2.05, 4.69) is 9.88 Å². The molecule has 20 heavy (non-hydrogen) atoms. The van der Waals surface area contributed by atoms with E-state index >= 15 is 0 Å². The molecule has 0 aliphatic rings. The number of aryl methyl sites for hydroxylation is 1. The van der Waals surface area contributed by atoms with Gasteiger partial charge >= 0.3 is 0 Å². The number of benzene rings is 1. The molecule has 7 heteroatoms. The molecule has 1 aromatic carbocycles. The van der Waals surface area contributed by atoms with Crippen LogP contribution >= 0.6 is 0 Å². The Bertz CT molecular complexity index is 652. The van der Waals surface area contributed by atoms with E-state index in [9.17, 15) is 13.5 Å². The molecule has 0 fully saturated rings. The van der Waals surface area contributed by atoms with Crippen LogP contribution in [-0.4, -0.2) is 25.3 Å².